The van der Waals surface area contributed by atoms with Gasteiger partial charge in [0.2, 0.25) is 0 Å². The monoisotopic (exact) mass is 327 g/mol. The molecule has 106 valence electrons. The van der Waals surface area contributed by atoms with Crippen LogP contribution < -0.4 is 5.32 Å². The molecule has 1 N–H and O–H groups in total. The highest BCUT2D eigenvalue weighted by atomic mass is 35.5. The van der Waals surface area contributed by atoms with Gasteiger partial charge < -0.3 is 5.32 Å². The van der Waals surface area contributed by atoms with E-state index in [2.05, 4.69) is 19.2 Å². The second-order valence-corrected chi connectivity index (χ2v) is 6.11. The Bertz CT molecular complexity index is 581. The number of hydrogen-bond acceptors (Lipinski definition) is 1. The van der Waals surface area contributed by atoms with Gasteiger partial charge in [0.05, 0.1) is 0 Å². The third kappa shape index (κ3) is 3.89. The first kappa shape index (κ1) is 15.7. The fourth-order valence-electron chi connectivity index (χ4n) is 2.16. The number of benzene rings is 2. The summed E-state index contributed by atoms with van der Waals surface area (Å²) in [6, 6.07) is 13.6. The van der Waals surface area contributed by atoms with Crippen LogP contribution in [0.3, 0.4) is 0 Å². The summed E-state index contributed by atoms with van der Waals surface area (Å²) >= 11 is 18.2. The van der Waals surface area contributed by atoms with Crippen molar-refractivity contribution in [3.05, 3.63) is 68.7 Å². The maximum atomic E-state index is 6.23. The topological polar surface area (TPSA) is 12.0 Å². The van der Waals surface area contributed by atoms with Gasteiger partial charge in [-0.2, -0.15) is 0 Å². The molecule has 0 aliphatic rings. The van der Waals surface area contributed by atoms with E-state index >= 15 is 0 Å². The Morgan fingerprint density at radius 3 is 2.05 bits per heavy atom. The van der Waals surface area contributed by atoms with Crippen LogP contribution in [0.5, 0.6) is 0 Å². The van der Waals surface area contributed by atoms with E-state index in [0.717, 1.165) is 15.6 Å². The minimum atomic E-state index is 0.104. The molecule has 2 unspecified atom stereocenters. The molecule has 0 radical (unpaired) electrons. The third-order valence-electron chi connectivity index (χ3n) is 3.29. The van der Waals surface area contributed by atoms with E-state index in [4.69, 9.17) is 34.8 Å². The number of nitrogens with one attached hydrogen (secondary N) is 1. The van der Waals surface area contributed by atoms with Crippen molar-refractivity contribution in [2.45, 2.75) is 25.9 Å². The second kappa shape index (κ2) is 6.82. The smallest absolute Gasteiger partial charge is 0.0454 e. The van der Waals surface area contributed by atoms with Gasteiger partial charge in [0, 0.05) is 27.2 Å². The van der Waals surface area contributed by atoms with Crippen LogP contribution in [0.25, 0.3) is 0 Å². The van der Waals surface area contributed by atoms with Crippen LogP contribution in [-0.2, 0) is 0 Å². The lowest BCUT2D eigenvalue weighted by atomic mass is 10.0. The zero-order valence-electron chi connectivity index (χ0n) is 11.3. The van der Waals surface area contributed by atoms with Crippen molar-refractivity contribution in [1.29, 1.82) is 0 Å². The van der Waals surface area contributed by atoms with Crippen LogP contribution in [0, 0.1) is 0 Å². The third-order valence-corrected chi connectivity index (χ3v) is 4.13. The Morgan fingerprint density at radius 1 is 0.800 bits per heavy atom. The van der Waals surface area contributed by atoms with Gasteiger partial charge in [-0.1, -0.05) is 46.9 Å². The van der Waals surface area contributed by atoms with E-state index in [-0.39, 0.29) is 12.1 Å². The van der Waals surface area contributed by atoms with Crippen molar-refractivity contribution in [2.75, 3.05) is 0 Å². The van der Waals surface area contributed by atoms with Gasteiger partial charge >= 0.3 is 0 Å². The molecule has 2 atom stereocenters. The Balaban J connectivity index is 2.12. The van der Waals surface area contributed by atoms with Crippen LogP contribution in [0.4, 0.5) is 0 Å². The molecule has 0 saturated heterocycles. The molecule has 0 saturated carbocycles. The van der Waals surface area contributed by atoms with Gasteiger partial charge in [-0.05, 0) is 55.3 Å². The molecule has 0 heterocycles. The minimum Gasteiger partial charge on any atom is -0.304 e. The predicted molar refractivity (Wildman–Crippen MR) is 87.9 cm³/mol. The maximum Gasteiger partial charge on any atom is 0.0454 e. The lowest BCUT2D eigenvalue weighted by Crippen LogP contribution is -2.22. The first-order chi connectivity index (χ1) is 9.47. The number of hydrogen-bond donors (Lipinski definition) is 1. The predicted octanol–water partition coefficient (Wildman–Crippen LogP) is 6.06. The first-order valence-corrected chi connectivity index (χ1v) is 7.57. The van der Waals surface area contributed by atoms with Crippen LogP contribution in [0.2, 0.25) is 15.1 Å². The van der Waals surface area contributed by atoms with Gasteiger partial charge in [0.15, 0.2) is 0 Å². The van der Waals surface area contributed by atoms with Crippen molar-refractivity contribution in [2.24, 2.45) is 0 Å². The van der Waals surface area contributed by atoms with Gasteiger partial charge in [0.1, 0.15) is 0 Å². The van der Waals surface area contributed by atoms with Crippen LogP contribution in [0.15, 0.2) is 42.5 Å². The van der Waals surface area contributed by atoms with Gasteiger partial charge in [-0.15, -0.1) is 0 Å². The molecule has 0 aliphatic heterocycles. The zero-order chi connectivity index (χ0) is 14.7. The molecule has 20 heavy (non-hydrogen) atoms. The second-order valence-electron chi connectivity index (χ2n) is 4.83. The summed E-state index contributed by atoms with van der Waals surface area (Å²) < 4.78 is 0. The average Bonchev–Trinajstić information content (AvgIpc) is 2.42. The normalized spacial score (nSPS) is 14.1. The summed E-state index contributed by atoms with van der Waals surface area (Å²) in [5, 5.41) is 5.67. The Morgan fingerprint density at radius 2 is 1.40 bits per heavy atom. The van der Waals surface area contributed by atoms with E-state index in [1.807, 2.05) is 36.4 Å². The quantitative estimate of drug-likeness (QED) is 0.719. The summed E-state index contributed by atoms with van der Waals surface area (Å²) in [5.41, 5.74) is 2.18. The summed E-state index contributed by atoms with van der Waals surface area (Å²) in [6.45, 7) is 4.18. The van der Waals surface area contributed by atoms with E-state index in [1.54, 1.807) is 6.07 Å². The minimum absolute atomic E-state index is 0.104. The molecule has 0 amide bonds. The fourth-order valence-corrected chi connectivity index (χ4v) is 2.75. The Hall–Kier alpha value is -0.730. The molecule has 0 aliphatic carbocycles. The van der Waals surface area contributed by atoms with Gasteiger partial charge in [0.25, 0.3) is 0 Å². The highest BCUT2D eigenvalue weighted by Crippen LogP contribution is 2.28. The van der Waals surface area contributed by atoms with Crippen molar-refractivity contribution < 1.29 is 0 Å². The molecule has 4 heteroatoms. The van der Waals surface area contributed by atoms with Crippen molar-refractivity contribution in [3.63, 3.8) is 0 Å². The summed E-state index contributed by atoms with van der Waals surface area (Å²) in [4.78, 5) is 0. The standard InChI is InChI=1S/C16H16Cl3N/c1-10(12-3-5-13(17)6-4-12)20-11(2)15-9-14(18)7-8-16(15)19/h3-11,20H,1-2H3. The SMILES string of the molecule is CC(NC(C)c1cc(Cl)ccc1Cl)c1ccc(Cl)cc1. The molecule has 0 aromatic heterocycles. The molecule has 0 fully saturated rings. The Kier molecular flexibility index (Phi) is 5.34. The molecule has 2 aromatic rings. The van der Waals surface area contributed by atoms with E-state index < -0.39 is 0 Å². The fraction of sp³-hybridized carbons (Fsp3) is 0.250. The number of halogens is 3. The summed E-state index contributed by atoms with van der Waals surface area (Å²) in [6.07, 6.45) is 0. The van der Waals surface area contributed by atoms with Crippen molar-refractivity contribution >= 4 is 34.8 Å². The van der Waals surface area contributed by atoms with Crippen LogP contribution in [0.1, 0.15) is 37.1 Å². The highest BCUT2D eigenvalue weighted by Gasteiger charge is 2.14. The zero-order valence-corrected chi connectivity index (χ0v) is 13.6. The van der Waals surface area contributed by atoms with E-state index in [0.29, 0.717) is 5.02 Å². The molecule has 0 spiro atoms. The first-order valence-electron chi connectivity index (χ1n) is 6.44. The average molecular weight is 329 g/mol. The lowest BCUT2D eigenvalue weighted by molar-refractivity contribution is 0.495. The highest BCUT2D eigenvalue weighted by molar-refractivity contribution is 6.33. The molecule has 2 rings (SSSR count). The summed E-state index contributed by atoms with van der Waals surface area (Å²) in [5.74, 6) is 0. The number of rotatable bonds is 4. The summed E-state index contributed by atoms with van der Waals surface area (Å²) in [7, 11) is 0. The molecular formula is C16H16Cl3N. The molecule has 1 nitrogen and oxygen atoms in total. The van der Waals surface area contributed by atoms with Crippen molar-refractivity contribution in [3.8, 4) is 0 Å². The van der Waals surface area contributed by atoms with Crippen LogP contribution in [-0.4, -0.2) is 0 Å². The van der Waals surface area contributed by atoms with Gasteiger partial charge in [-0.25, -0.2) is 0 Å². The maximum absolute atomic E-state index is 6.23. The molecule has 2 aromatic carbocycles. The van der Waals surface area contributed by atoms with E-state index in [1.165, 1.54) is 5.56 Å². The molecule has 0 bridgehead atoms. The van der Waals surface area contributed by atoms with Gasteiger partial charge in [-0.3, -0.25) is 0 Å². The van der Waals surface area contributed by atoms with Crippen LogP contribution >= 0.6 is 34.8 Å². The Labute approximate surface area is 134 Å². The largest absolute Gasteiger partial charge is 0.304 e. The lowest BCUT2D eigenvalue weighted by Gasteiger charge is -2.22. The van der Waals surface area contributed by atoms with Crippen molar-refractivity contribution in [1.82, 2.24) is 5.32 Å². The van der Waals surface area contributed by atoms with E-state index in [9.17, 15) is 0 Å². The molecular weight excluding hydrogens is 313 g/mol.